The third-order valence-electron chi connectivity index (χ3n) is 4.68. The third-order valence-corrected chi connectivity index (χ3v) is 9.76. The molecule has 0 spiro atoms. The van der Waals surface area contributed by atoms with Gasteiger partial charge in [-0.2, -0.15) is 0 Å². The van der Waals surface area contributed by atoms with E-state index in [-0.39, 0.29) is 10.5 Å². The maximum absolute atomic E-state index is 12.8. The van der Waals surface area contributed by atoms with E-state index in [1.54, 1.807) is 0 Å². The van der Waals surface area contributed by atoms with Gasteiger partial charge in [0.15, 0.2) is 0 Å². The first kappa shape index (κ1) is 15.7. The van der Waals surface area contributed by atoms with Gasteiger partial charge in [0.05, 0.1) is 0 Å². The number of rotatable bonds is 4. The SMILES string of the molecule is CC(C)(S(=O)C1CCCCC1)S(=O)C1CCCCC1. The summed E-state index contributed by atoms with van der Waals surface area (Å²) in [6.45, 7) is 3.95. The van der Waals surface area contributed by atoms with Gasteiger partial charge in [0.2, 0.25) is 0 Å². The summed E-state index contributed by atoms with van der Waals surface area (Å²) in [5.41, 5.74) is 0. The van der Waals surface area contributed by atoms with Crippen LogP contribution in [-0.2, 0) is 21.6 Å². The Labute approximate surface area is 123 Å². The van der Waals surface area contributed by atoms with Gasteiger partial charge < -0.3 is 0 Å². The Kier molecular flexibility index (Phi) is 5.65. The molecule has 2 nitrogen and oxygen atoms in total. The molecule has 2 aliphatic carbocycles. The second kappa shape index (κ2) is 6.84. The van der Waals surface area contributed by atoms with E-state index in [4.69, 9.17) is 0 Å². The zero-order valence-electron chi connectivity index (χ0n) is 12.4. The minimum atomic E-state index is -0.949. The lowest BCUT2D eigenvalue weighted by molar-refractivity contribution is 0.494. The van der Waals surface area contributed by atoms with E-state index < -0.39 is 25.7 Å². The lowest BCUT2D eigenvalue weighted by Gasteiger charge is -2.34. The van der Waals surface area contributed by atoms with Crippen molar-refractivity contribution in [3.63, 3.8) is 0 Å². The van der Waals surface area contributed by atoms with Gasteiger partial charge in [-0.25, -0.2) is 0 Å². The summed E-state index contributed by atoms with van der Waals surface area (Å²) < 4.78 is 25.1. The highest BCUT2D eigenvalue weighted by Crippen LogP contribution is 2.34. The molecule has 4 heteroatoms. The molecule has 2 aliphatic rings. The fraction of sp³-hybridized carbons (Fsp3) is 1.00. The van der Waals surface area contributed by atoms with E-state index in [0.29, 0.717) is 0 Å². The van der Waals surface area contributed by atoms with E-state index in [1.807, 2.05) is 13.8 Å². The van der Waals surface area contributed by atoms with Crippen molar-refractivity contribution < 1.29 is 8.42 Å². The van der Waals surface area contributed by atoms with Gasteiger partial charge in [-0.3, -0.25) is 8.42 Å². The molecular weight excluding hydrogens is 276 g/mol. The van der Waals surface area contributed by atoms with Crippen LogP contribution in [0.2, 0.25) is 0 Å². The van der Waals surface area contributed by atoms with Crippen molar-refractivity contribution in [1.29, 1.82) is 0 Å². The quantitative estimate of drug-likeness (QED) is 0.789. The zero-order valence-corrected chi connectivity index (χ0v) is 14.0. The molecule has 2 fully saturated rings. The molecule has 0 bridgehead atoms. The van der Waals surface area contributed by atoms with Crippen LogP contribution < -0.4 is 0 Å². The Morgan fingerprint density at radius 3 is 1.32 bits per heavy atom. The lowest BCUT2D eigenvalue weighted by atomic mass is 10.0. The van der Waals surface area contributed by atoms with E-state index in [0.717, 1.165) is 25.7 Å². The van der Waals surface area contributed by atoms with Crippen molar-refractivity contribution >= 4 is 21.6 Å². The normalized spacial score (nSPS) is 27.1. The average molecular weight is 305 g/mol. The predicted octanol–water partition coefficient (Wildman–Crippen LogP) is 3.89. The smallest absolute Gasteiger partial charge is 0.115 e. The maximum Gasteiger partial charge on any atom is 0.115 e. The number of hydrogen-bond donors (Lipinski definition) is 0. The lowest BCUT2D eigenvalue weighted by Crippen LogP contribution is -2.43. The largest absolute Gasteiger partial charge is 0.258 e. The monoisotopic (exact) mass is 304 g/mol. The van der Waals surface area contributed by atoms with Crippen LogP contribution in [0.5, 0.6) is 0 Å². The minimum Gasteiger partial charge on any atom is -0.258 e. The molecule has 0 amide bonds. The van der Waals surface area contributed by atoms with Crippen LogP contribution in [0.4, 0.5) is 0 Å². The Morgan fingerprint density at radius 1 is 0.684 bits per heavy atom. The summed E-state index contributed by atoms with van der Waals surface area (Å²) >= 11 is 0. The molecule has 0 saturated heterocycles. The molecule has 0 N–H and O–H groups in total. The van der Waals surface area contributed by atoms with Crippen LogP contribution in [0.3, 0.4) is 0 Å². The van der Waals surface area contributed by atoms with E-state index in [2.05, 4.69) is 0 Å². The van der Waals surface area contributed by atoms with E-state index in [1.165, 1.54) is 38.5 Å². The molecule has 112 valence electrons. The Morgan fingerprint density at radius 2 is 1.00 bits per heavy atom. The fourth-order valence-electron chi connectivity index (χ4n) is 3.44. The van der Waals surface area contributed by atoms with Gasteiger partial charge in [0, 0.05) is 32.1 Å². The summed E-state index contributed by atoms with van der Waals surface area (Å²) in [5.74, 6) is 0. The molecule has 2 saturated carbocycles. The number of hydrogen-bond acceptors (Lipinski definition) is 2. The van der Waals surface area contributed by atoms with Gasteiger partial charge in [0.25, 0.3) is 0 Å². The highest BCUT2D eigenvalue weighted by Gasteiger charge is 2.41. The summed E-state index contributed by atoms with van der Waals surface area (Å²) in [4.78, 5) is 0. The molecular formula is C15H28O2S2. The van der Waals surface area contributed by atoms with Crippen molar-refractivity contribution in [3.05, 3.63) is 0 Å². The molecule has 2 unspecified atom stereocenters. The molecule has 2 rings (SSSR count). The van der Waals surface area contributed by atoms with Crippen LogP contribution in [0, 0.1) is 0 Å². The molecule has 0 aromatic heterocycles. The molecule has 0 radical (unpaired) electrons. The Balaban J connectivity index is 2.02. The third kappa shape index (κ3) is 3.69. The van der Waals surface area contributed by atoms with Crippen LogP contribution in [0.1, 0.15) is 78.1 Å². The van der Waals surface area contributed by atoms with Crippen molar-refractivity contribution in [3.8, 4) is 0 Å². The highest BCUT2D eigenvalue weighted by molar-refractivity contribution is 8.04. The van der Waals surface area contributed by atoms with E-state index >= 15 is 0 Å². The van der Waals surface area contributed by atoms with Crippen LogP contribution in [-0.4, -0.2) is 23.0 Å². The maximum atomic E-state index is 12.8. The first-order chi connectivity index (χ1) is 9.03. The first-order valence-electron chi connectivity index (χ1n) is 7.85. The molecule has 19 heavy (non-hydrogen) atoms. The van der Waals surface area contributed by atoms with Crippen molar-refractivity contribution in [2.45, 2.75) is 92.6 Å². The van der Waals surface area contributed by atoms with Crippen molar-refractivity contribution in [2.75, 3.05) is 0 Å². The summed E-state index contributed by atoms with van der Waals surface area (Å²) in [5, 5.41) is 0.576. The van der Waals surface area contributed by atoms with Crippen LogP contribution in [0.15, 0.2) is 0 Å². The molecule has 0 aromatic rings. The summed E-state index contributed by atoms with van der Waals surface area (Å²) in [7, 11) is -1.90. The van der Waals surface area contributed by atoms with Crippen molar-refractivity contribution in [1.82, 2.24) is 0 Å². The van der Waals surface area contributed by atoms with Gasteiger partial charge in [-0.05, 0) is 39.5 Å². The zero-order chi connectivity index (χ0) is 13.9. The van der Waals surface area contributed by atoms with Crippen LogP contribution in [0.25, 0.3) is 0 Å². The fourth-order valence-corrected chi connectivity index (χ4v) is 8.03. The van der Waals surface area contributed by atoms with E-state index in [9.17, 15) is 8.42 Å². The van der Waals surface area contributed by atoms with Crippen molar-refractivity contribution in [2.24, 2.45) is 0 Å². The first-order valence-corrected chi connectivity index (χ1v) is 10.3. The second-order valence-electron chi connectivity index (χ2n) is 6.51. The standard InChI is InChI=1S/C15H28O2S2/c1-15(2,18(16)13-9-5-3-6-10-13)19(17)14-11-7-4-8-12-14/h13-14H,3-12H2,1-2H3. The Bertz CT molecular complexity index is 308. The average Bonchev–Trinajstić information content (AvgIpc) is 2.47. The summed E-state index contributed by atoms with van der Waals surface area (Å²) in [6, 6.07) is 0. The molecule has 0 aliphatic heterocycles. The highest BCUT2D eigenvalue weighted by atomic mass is 32.2. The summed E-state index contributed by atoms with van der Waals surface area (Å²) in [6.07, 6.45) is 11.6. The Hall–Kier alpha value is 0.300. The second-order valence-corrected chi connectivity index (χ2v) is 11.3. The molecule has 0 heterocycles. The van der Waals surface area contributed by atoms with Crippen LogP contribution >= 0.6 is 0 Å². The predicted molar refractivity (Wildman–Crippen MR) is 84.1 cm³/mol. The molecule has 2 atom stereocenters. The van der Waals surface area contributed by atoms with Gasteiger partial charge in [-0.1, -0.05) is 38.5 Å². The van der Waals surface area contributed by atoms with Gasteiger partial charge in [0.1, 0.15) is 4.08 Å². The molecule has 0 aromatic carbocycles. The van der Waals surface area contributed by atoms with Gasteiger partial charge >= 0.3 is 0 Å². The van der Waals surface area contributed by atoms with Gasteiger partial charge in [-0.15, -0.1) is 0 Å². The minimum absolute atomic E-state index is 0.288. The topological polar surface area (TPSA) is 34.1 Å².